The van der Waals surface area contributed by atoms with Gasteiger partial charge in [-0.15, -0.1) is 11.6 Å². The average molecular weight is 205 g/mol. The molecule has 3 nitrogen and oxygen atoms in total. The molecule has 0 aliphatic rings. The van der Waals surface area contributed by atoms with Gasteiger partial charge in [-0.1, -0.05) is 11.6 Å². The highest BCUT2D eigenvalue weighted by Gasteiger charge is 2.02. The smallest absolute Gasteiger partial charge is 0.239 e. The molecule has 1 heterocycles. The number of hydrogen-bond donors (Lipinski definition) is 1. The third-order valence-electron chi connectivity index (χ3n) is 1.17. The predicted molar refractivity (Wildman–Crippen MR) is 48.6 cm³/mol. The Bertz CT molecular complexity index is 290. The van der Waals surface area contributed by atoms with E-state index in [1.54, 1.807) is 6.07 Å². The van der Waals surface area contributed by atoms with Gasteiger partial charge in [-0.25, -0.2) is 0 Å². The van der Waals surface area contributed by atoms with Gasteiger partial charge < -0.3 is 5.32 Å². The lowest BCUT2D eigenvalue weighted by Crippen LogP contribution is -2.12. The number of halogens is 2. The maximum absolute atomic E-state index is 10.8. The molecular weight excluding hydrogens is 199 g/mol. The molecule has 1 rings (SSSR count). The first-order valence-corrected chi connectivity index (χ1v) is 4.10. The number of nitrogens with one attached hydrogen (secondary N) is 1. The molecule has 0 saturated carbocycles. The van der Waals surface area contributed by atoms with E-state index in [2.05, 4.69) is 10.3 Å². The van der Waals surface area contributed by atoms with Crippen LogP contribution in [0.15, 0.2) is 18.5 Å². The number of amides is 1. The van der Waals surface area contributed by atoms with Crippen LogP contribution in [0.2, 0.25) is 5.02 Å². The van der Waals surface area contributed by atoms with Crippen LogP contribution in [-0.2, 0) is 4.79 Å². The average Bonchev–Trinajstić information content (AvgIpc) is 2.09. The van der Waals surface area contributed by atoms with E-state index in [9.17, 15) is 4.79 Å². The molecule has 1 aromatic heterocycles. The number of hydrogen-bond acceptors (Lipinski definition) is 2. The predicted octanol–water partition coefficient (Wildman–Crippen LogP) is 1.91. The Hall–Kier alpha value is -0.800. The van der Waals surface area contributed by atoms with Crippen LogP contribution in [0.4, 0.5) is 5.69 Å². The van der Waals surface area contributed by atoms with Gasteiger partial charge in [0.1, 0.15) is 5.88 Å². The van der Waals surface area contributed by atoms with Crippen molar-refractivity contribution >= 4 is 34.8 Å². The first kappa shape index (κ1) is 9.29. The number of rotatable bonds is 2. The van der Waals surface area contributed by atoms with E-state index >= 15 is 0 Å². The second-order valence-corrected chi connectivity index (χ2v) is 2.71. The van der Waals surface area contributed by atoms with Gasteiger partial charge >= 0.3 is 0 Å². The molecule has 64 valence electrons. The molecule has 0 unspecified atom stereocenters. The van der Waals surface area contributed by atoms with E-state index < -0.39 is 0 Å². The second kappa shape index (κ2) is 4.28. The number of pyridine rings is 1. The number of alkyl halides is 1. The van der Waals surface area contributed by atoms with E-state index in [4.69, 9.17) is 23.2 Å². The minimum atomic E-state index is -0.287. The third-order valence-corrected chi connectivity index (χ3v) is 1.71. The zero-order valence-corrected chi connectivity index (χ0v) is 7.56. The van der Waals surface area contributed by atoms with E-state index in [-0.39, 0.29) is 11.8 Å². The zero-order chi connectivity index (χ0) is 8.97. The molecule has 1 N–H and O–H groups in total. The Kier molecular flexibility index (Phi) is 3.31. The first-order valence-electron chi connectivity index (χ1n) is 3.19. The Labute approximate surface area is 79.7 Å². The lowest BCUT2D eigenvalue weighted by atomic mass is 10.4. The quantitative estimate of drug-likeness (QED) is 0.749. The summed E-state index contributed by atoms with van der Waals surface area (Å²) in [6.07, 6.45) is 2.99. The molecule has 0 aromatic carbocycles. The van der Waals surface area contributed by atoms with Crippen LogP contribution in [0.5, 0.6) is 0 Å². The summed E-state index contributed by atoms with van der Waals surface area (Å²) in [7, 11) is 0. The van der Waals surface area contributed by atoms with Crippen molar-refractivity contribution in [3.05, 3.63) is 23.5 Å². The van der Waals surface area contributed by atoms with Crippen molar-refractivity contribution in [3.8, 4) is 0 Å². The minimum absolute atomic E-state index is 0.0847. The van der Waals surface area contributed by atoms with E-state index in [0.29, 0.717) is 10.7 Å². The topological polar surface area (TPSA) is 42.0 Å². The molecule has 0 spiro atoms. The summed E-state index contributed by atoms with van der Waals surface area (Å²) in [5.74, 6) is -0.372. The highest BCUT2D eigenvalue weighted by molar-refractivity contribution is 6.34. The molecule has 0 saturated heterocycles. The molecule has 1 amide bonds. The van der Waals surface area contributed by atoms with Gasteiger partial charge in [0.25, 0.3) is 0 Å². The molecule has 0 atom stereocenters. The molecule has 0 aliphatic carbocycles. The van der Waals surface area contributed by atoms with Gasteiger partial charge in [0.15, 0.2) is 0 Å². The van der Waals surface area contributed by atoms with E-state index in [0.717, 1.165) is 0 Å². The second-order valence-electron chi connectivity index (χ2n) is 2.04. The Morgan fingerprint density at radius 3 is 3.00 bits per heavy atom. The van der Waals surface area contributed by atoms with Gasteiger partial charge in [0.2, 0.25) is 5.91 Å². The van der Waals surface area contributed by atoms with Crippen LogP contribution in [0, 0.1) is 0 Å². The van der Waals surface area contributed by atoms with Crippen molar-refractivity contribution in [1.29, 1.82) is 0 Å². The van der Waals surface area contributed by atoms with Crippen LogP contribution in [0.1, 0.15) is 0 Å². The third kappa shape index (κ3) is 2.36. The minimum Gasteiger partial charge on any atom is -0.324 e. The van der Waals surface area contributed by atoms with Crippen LogP contribution < -0.4 is 5.32 Å². The highest BCUT2D eigenvalue weighted by Crippen LogP contribution is 2.18. The molecule has 5 heteroatoms. The van der Waals surface area contributed by atoms with Crippen molar-refractivity contribution in [1.82, 2.24) is 4.98 Å². The van der Waals surface area contributed by atoms with Crippen LogP contribution in [0.25, 0.3) is 0 Å². The molecule has 0 radical (unpaired) electrons. The molecule has 1 aromatic rings. The fourth-order valence-corrected chi connectivity index (χ4v) is 0.894. The maximum atomic E-state index is 10.8. The Morgan fingerprint density at radius 2 is 2.42 bits per heavy atom. The summed E-state index contributed by atoms with van der Waals surface area (Å²) in [6.45, 7) is 0. The van der Waals surface area contributed by atoms with E-state index in [1.807, 2.05) is 0 Å². The van der Waals surface area contributed by atoms with Crippen molar-refractivity contribution < 1.29 is 4.79 Å². The molecule has 0 fully saturated rings. The van der Waals surface area contributed by atoms with E-state index in [1.165, 1.54) is 12.4 Å². The highest BCUT2D eigenvalue weighted by atomic mass is 35.5. The first-order chi connectivity index (χ1) is 5.74. The number of aromatic nitrogens is 1. The number of anilines is 1. The summed E-state index contributed by atoms with van der Waals surface area (Å²) in [4.78, 5) is 14.6. The largest absolute Gasteiger partial charge is 0.324 e. The Morgan fingerprint density at radius 1 is 1.67 bits per heavy atom. The molecule has 0 aliphatic heterocycles. The maximum Gasteiger partial charge on any atom is 0.239 e. The fourth-order valence-electron chi connectivity index (χ4n) is 0.660. The number of carbonyl (C=O) groups excluding carboxylic acids is 1. The summed E-state index contributed by atoms with van der Waals surface area (Å²) in [6, 6.07) is 1.60. The standard InChI is InChI=1S/C7H6Cl2N2O/c8-3-7(12)11-6-1-2-10-4-5(6)9/h1-2,4H,3H2,(H,10,11,12). The van der Waals surface area contributed by atoms with Crippen molar-refractivity contribution in [2.45, 2.75) is 0 Å². The van der Waals surface area contributed by atoms with Crippen LogP contribution >= 0.6 is 23.2 Å². The zero-order valence-electron chi connectivity index (χ0n) is 6.05. The molecule has 0 bridgehead atoms. The van der Waals surface area contributed by atoms with Gasteiger partial charge in [-0.3, -0.25) is 9.78 Å². The Balaban J connectivity index is 2.75. The summed E-state index contributed by atoms with van der Waals surface area (Å²) in [5, 5.41) is 2.92. The normalized spacial score (nSPS) is 9.50. The van der Waals surface area contributed by atoms with Crippen LogP contribution in [-0.4, -0.2) is 16.8 Å². The van der Waals surface area contributed by atoms with Gasteiger partial charge in [-0.2, -0.15) is 0 Å². The lowest BCUT2D eigenvalue weighted by molar-refractivity contribution is -0.113. The van der Waals surface area contributed by atoms with Crippen molar-refractivity contribution in [3.63, 3.8) is 0 Å². The monoisotopic (exact) mass is 204 g/mol. The fraction of sp³-hybridized carbons (Fsp3) is 0.143. The lowest BCUT2D eigenvalue weighted by Gasteiger charge is -2.03. The van der Waals surface area contributed by atoms with Gasteiger partial charge in [0.05, 0.1) is 10.7 Å². The van der Waals surface area contributed by atoms with Gasteiger partial charge in [-0.05, 0) is 6.07 Å². The van der Waals surface area contributed by atoms with Crippen LogP contribution in [0.3, 0.4) is 0 Å². The summed E-state index contributed by atoms with van der Waals surface area (Å²) in [5.41, 5.74) is 0.525. The SMILES string of the molecule is O=C(CCl)Nc1ccncc1Cl. The van der Waals surface area contributed by atoms with Gasteiger partial charge in [0, 0.05) is 12.4 Å². The number of carbonyl (C=O) groups is 1. The number of nitrogens with zero attached hydrogens (tertiary/aromatic N) is 1. The summed E-state index contributed by atoms with van der Waals surface area (Å²) >= 11 is 11.0. The molecular formula is C7H6Cl2N2O. The van der Waals surface area contributed by atoms with Crippen molar-refractivity contribution in [2.24, 2.45) is 0 Å². The van der Waals surface area contributed by atoms with Crippen molar-refractivity contribution in [2.75, 3.05) is 11.2 Å². The summed E-state index contributed by atoms with van der Waals surface area (Å²) < 4.78 is 0. The molecule has 12 heavy (non-hydrogen) atoms.